The highest BCUT2D eigenvalue weighted by Crippen LogP contribution is 2.41. The summed E-state index contributed by atoms with van der Waals surface area (Å²) < 4.78 is 13.1. The summed E-state index contributed by atoms with van der Waals surface area (Å²) in [7, 11) is 0. The maximum absolute atomic E-state index is 13.2. The molecule has 0 radical (unpaired) electrons. The largest absolute Gasteiger partial charge is 0.490 e. The molecule has 0 bridgehead atoms. The van der Waals surface area contributed by atoms with Gasteiger partial charge < -0.3 is 9.47 Å². The van der Waals surface area contributed by atoms with Crippen LogP contribution >= 0.6 is 39.9 Å². The van der Waals surface area contributed by atoms with Gasteiger partial charge in [-0.3, -0.25) is 19.8 Å². The van der Waals surface area contributed by atoms with Crippen LogP contribution in [0, 0.1) is 10.1 Å². The number of halogens is 1. The molecule has 10 heteroatoms. The summed E-state index contributed by atoms with van der Waals surface area (Å²) in [6, 6.07) is 23.8. The molecule has 1 heterocycles. The van der Waals surface area contributed by atoms with Crippen LogP contribution in [0.5, 0.6) is 11.5 Å². The van der Waals surface area contributed by atoms with E-state index < -0.39 is 4.92 Å². The summed E-state index contributed by atoms with van der Waals surface area (Å²) in [5, 5.41) is 13.5. The van der Waals surface area contributed by atoms with Crippen LogP contribution in [-0.4, -0.2) is 21.8 Å². The zero-order chi connectivity index (χ0) is 27.5. The van der Waals surface area contributed by atoms with Crippen molar-refractivity contribution in [1.29, 1.82) is 0 Å². The van der Waals surface area contributed by atoms with Gasteiger partial charge in [-0.1, -0.05) is 72.5 Å². The first-order chi connectivity index (χ1) is 18.9. The van der Waals surface area contributed by atoms with Gasteiger partial charge in [0.15, 0.2) is 15.8 Å². The van der Waals surface area contributed by atoms with Gasteiger partial charge in [-0.2, -0.15) is 0 Å². The number of nitro groups is 1. The molecule has 0 atom stereocenters. The molecule has 5 rings (SSSR count). The number of ether oxygens (including phenoxy) is 2. The van der Waals surface area contributed by atoms with Gasteiger partial charge in [-0.15, -0.1) is 0 Å². The van der Waals surface area contributed by atoms with Crippen LogP contribution in [0.4, 0.5) is 11.4 Å². The molecule has 0 aliphatic carbocycles. The third-order valence-corrected chi connectivity index (χ3v) is 7.87. The van der Waals surface area contributed by atoms with Gasteiger partial charge in [0.1, 0.15) is 6.61 Å². The van der Waals surface area contributed by atoms with Crippen molar-refractivity contribution in [2.45, 2.75) is 13.5 Å². The van der Waals surface area contributed by atoms with Crippen molar-refractivity contribution in [3.05, 3.63) is 109 Å². The number of nitrogens with zero attached hydrogens (tertiary/aromatic N) is 2. The van der Waals surface area contributed by atoms with Crippen molar-refractivity contribution in [3.63, 3.8) is 0 Å². The number of amides is 1. The average molecular weight is 622 g/mol. The lowest BCUT2D eigenvalue weighted by Gasteiger charge is -2.16. The topological polar surface area (TPSA) is 81.9 Å². The zero-order valence-electron chi connectivity index (χ0n) is 20.6. The smallest absolute Gasteiger partial charge is 0.271 e. The Bertz CT molecular complexity index is 1650. The normalized spacial score (nSPS) is 14.3. The van der Waals surface area contributed by atoms with Crippen LogP contribution in [0.25, 0.3) is 16.8 Å². The molecule has 39 heavy (non-hydrogen) atoms. The molecule has 0 spiro atoms. The van der Waals surface area contributed by atoms with Crippen LogP contribution < -0.4 is 14.4 Å². The summed E-state index contributed by atoms with van der Waals surface area (Å²) in [5.74, 6) is 0.745. The van der Waals surface area contributed by atoms with Gasteiger partial charge >= 0.3 is 0 Å². The molecule has 0 aromatic heterocycles. The maximum atomic E-state index is 13.2. The molecule has 4 aromatic rings. The van der Waals surface area contributed by atoms with Gasteiger partial charge in [-0.25, -0.2) is 0 Å². The Kier molecular flexibility index (Phi) is 7.97. The van der Waals surface area contributed by atoms with E-state index in [1.165, 1.54) is 23.1 Å². The Morgan fingerprint density at radius 2 is 1.82 bits per heavy atom. The standard InChI is InChI=1S/C29H21BrN2O5S2/c1-2-36-25-14-18(13-24(30)27(25)37-17-20-9-5-8-19-7-3-4-12-23(19)20)15-26-28(33)31(29(38)39-26)21-10-6-11-22(16-21)32(34)35/h3-16H,2,17H2,1H3/b26-15-. The van der Waals surface area contributed by atoms with Crippen molar-refractivity contribution in [1.82, 2.24) is 0 Å². The number of nitro benzene ring substituents is 1. The molecule has 196 valence electrons. The van der Waals surface area contributed by atoms with E-state index in [4.69, 9.17) is 21.7 Å². The molecule has 7 nitrogen and oxygen atoms in total. The second-order valence-corrected chi connectivity index (χ2v) is 11.0. The maximum Gasteiger partial charge on any atom is 0.271 e. The second-order valence-electron chi connectivity index (χ2n) is 8.48. The third kappa shape index (κ3) is 5.68. The Morgan fingerprint density at radius 3 is 2.62 bits per heavy atom. The number of non-ortho nitro benzene ring substituents is 1. The number of carbonyl (C=O) groups is 1. The molecule has 1 aliphatic heterocycles. The first kappa shape index (κ1) is 26.9. The van der Waals surface area contributed by atoms with Crippen LogP contribution in [0.2, 0.25) is 0 Å². The zero-order valence-corrected chi connectivity index (χ0v) is 23.8. The fraction of sp³-hybridized carbons (Fsp3) is 0.103. The Morgan fingerprint density at radius 1 is 1.05 bits per heavy atom. The number of rotatable bonds is 8. The lowest BCUT2D eigenvalue weighted by Crippen LogP contribution is -2.27. The van der Waals surface area contributed by atoms with Crippen LogP contribution in [0.3, 0.4) is 0 Å². The van der Waals surface area contributed by atoms with Crippen molar-refractivity contribution >= 4 is 78.4 Å². The highest BCUT2D eigenvalue weighted by atomic mass is 79.9. The lowest BCUT2D eigenvalue weighted by atomic mass is 10.1. The predicted octanol–water partition coefficient (Wildman–Crippen LogP) is 7.89. The number of hydrogen-bond donors (Lipinski definition) is 0. The number of anilines is 1. The molecule has 1 saturated heterocycles. The number of carbonyl (C=O) groups excluding carboxylic acids is 1. The quantitative estimate of drug-likeness (QED) is 0.0857. The van der Waals surface area contributed by atoms with E-state index in [-0.39, 0.29) is 11.6 Å². The highest BCUT2D eigenvalue weighted by Gasteiger charge is 2.34. The first-order valence-electron chi connectivity index (χ1n) is 11.9. The van der Waals surface area contributed by atoms with Crippen molar-refractivity contribution in [2.24, 2.45) is 0 Å². The molecule has 4 aromatic carbocycles. The molecule has 1 amide bonds. The number of hydrogen-bond acceptors (Lipinski definition) is 7. The average Bonchev–Trinajstić information content (AvgIpc) is 3.20. The molecule has 0 N–H and O–H groups in total. The summed E-state index contributed by atoms with van der Waals surface area (Å²) in [6.07, 6.45) is 1.72. The fourth-order valence-electron chi connectivity index (χ4n) is 4.23. The van der Waals surface area contributed by atoms with Gasteiger partial charge in [0.25, 0.3) is 11.6 Å². The van der Waals surface area contributed by atoms with Crippen LogP contribution in [0.15, 0.2) is 88.2 Å². The minimum absolute atomic E-state index is 0.116. The minimum Gasteiger partial charge on any atom is -0.490 e. The third-order valence-electron chi connectivity index (χ3n) is 5.97. The highest BCUT2D eigenvalue weighted by molar-refractivity contribution is 9.10. The Labute approximate surface area is 242 Å². The van der Waals surface area contributed by atoms with E-state index >= 15 is 0 Å². The number of fused-ring (bicyclic) bond motifs is 1. The van der Waals surface area contributed by atoms with Crippen LogP contribution in [-0.2, 0) is 11.4 Å². The SMILES string of the molecule is CCOc1cc(/C=C2\SC(=S)N(c3cccc([N+](=O)[O-])c3)C2=O)cc(Br)c1OCc1cccc2ccccc12. The fourth-order valence-corrected chi connectivity index (χ4v) is 6.10. The monoisotopic (exact) mass is 620 g/mol. The van der Waals surface area contributed by atoms with E-state index in [0.29, 0.717) is 49.7 Å². The Hall–Kier alpha value is -3.73. The molecular weight excluding hydrogens is 600 g/mol. The molecular formula is C29H21BrN2O5S2. The van der Waals surface area contributed by atoms with E-state index in [1.54, 1.807) is 12.1 Å². The molecule has 1 aliphatic rings. The van der Waals surface area contributed by atoms with Gasteiger partial charge in [0.2, 0.25) is 0 Å². The summed E-state index contributed by atoms with van der Waals surface area (Å²) >= 11 is 10.2. The predicted molar refractivity (Wildman–Crippen MR) is 162 cm³/mol. The second kappa shape index (κ2) is 11.6. The lowest BCUT2D eigenvalue weighted by molar-refractivity contribution is -0.384. The number of thioether (sulfide) groups is 1. The summed E-state index contributed by atoms with van der Waals surface area (Å²) in [4.78, 5) is 25.6. The van der Waals surface area contributed by atoms with Crippen molar-refractivity contribution < 1.29 is 19.2 Å². The molecule has 0 saturated carbocycles. The summed E-state index contributed by atoms with van der Waals surface area (Å²) in [6.45, 7) is 2.66. The van der Waals surface area contributed by atoms with E-state index in [2.05, 4.69) is 34.1 Å². The van der Waals surface area contributed by atoms with E-state index in [1.807, 2.05) is 43.3 Å². The van der Waals surface area contributed by atoms with Crippen molar-refractivity contribution in [2.75, 3.05) is 11.5 Å². The van der Waals surface area contributed by atoms with Gasteiger partial charge in [0.05, 0.1) is 26.6 Å². The van der Waals surface area contributed by atoms with E-state index in [0.717, 1.165) is 28.1 Å². The molecule has 1 fully saturated rings. The van der Waals surface area contributed by atoms with Crippen molar-refractivity contribution in [3.8, 4) is 11.5 Å². The van der Waals surface area contributed by atoms with Gasteiger partial charge in [0, 0.05) is 12.1 Å². The number of benzene rings is 4. The Balaban J connectivity index is 1.42. The number of thiocarbonyl (C=S) groups is 1. The molecule has 0 unspecified atom stereocenters. The van der Waals surface area contributed by atoms with Gasteiger partial charge in [-0.05, 0) is 69.0 Å². The minimum atomic E-state index is -0.506. The van der Waals surface area contributed by atoms with E-state index in [9.17, 15) is 14.9 Å². The summed E-state index contributed by atoms with van der Waals surface area (Å²) in [5.41, 5.74) is 2.00. The van der Waals surface area contributed by atoms with Crippen LogP contribution in [0.1, 0.15) is 18.1 Å². The first-order valence-corrected chi connectivity index (χ1v) is 14.0.